The predicted molar refractivity (Wildman–Crippen MR) is 131 cm³/mol. The van der Waals surface area contributed by atoms with Crippen LogP contribution in [0.2, 0.25) is 5.02 Å². The highest BCUT2D eigenvalue weighted by atomic mass is 35.5. The van der Waals surface area contributed by atoms with Crippen molar-refractivity contribution in [3.05, 3.63) is 69.3 Å². The number of halogens is 2. The summed E-state index contributed by atoms with van der Waals surface area (Å²) in [5, 5.41) is 2.31. The van der Waals surface area contributed by atoms with Gasteiger partial charge in [-0.1, -0.05) is 29.8 Å². The van der Waals surface area contributed by atoms with Crippen LogP contribution in [0.15, 0.2) is 35.2 Å². The summed E-state index contributed by atoms with van der Waals surface area (Å²) in [5.41, 5.74) is 1.39. The molecule has 1 atom stereocenters. The van der Waals surface area contributed by atoms with Crippen LogP contribution in [-0.2, 0) is 26.2 Å². The maximum Gasteiger partial charge on any atom is 0.255 e. The van der Waals surface area contributed by atoms with Gasteiger partial charge in [-0.3, -0.25) is 19.7 Å². The van der Waals surface area contributed by atoms with Crippen LogP contribution in [-0.4, -0.2) is 54.5 Å². The number of carbonyl (C=O) groups excluding carboxylic acids is 3. The molecule has 0 aromatic heterocycles. The number of piperidine rings is 2. The van der Waals surface area contributed by atoms with Crippen molar-refractivity contribution in [1.29, 1.82) is 0 Å². The van der Waals surface area contributed by atoms with Crippen molar-refractivity contribution in [2.24, 2.45) is 0 Å². The number of amides is 3. The first-order chi connectivity index (χ1) is 17.6. The predicted octanol–water partition coefficient (Wildman–Crippen LogP) is 3.36. The Kier molecular flexibility index (Phi) is 6.52. The topological polar surface area (TPSA) is 108 Å². The van der Waals surface area contributed by atoms with Crippen LogP contribution < -0.4 is 5.32 Å². The molecule has 0 aliphatic carbocycles. The lowest BCUT2D eigenvalue weighted by atomic mass is 9.88. The molecule has 192 valence electrons. The van der Waals surface area contributed by atoms with Crippen LogP contribution in [0.1, 0.15) is 53.1 Å². The molecule has 0 saturated carbocycles. The van der Waals surface area contributed by atoms with Gasteiger partial charge >= 0.3 is 0 Å². The van der Waals surface area contributed by atoms with Crippen LogP contribution >= 0.6 is 11.6 Å². The number of rotatable bonds is 4. The second-order valence-corrected chi connectivity index (χ2v) is 11.7. The zero-order valence-electron chi connectivity index (χ0n) is 19.5. The molecule has 2 aromatic rings. The Morgan fingerprint density at radius 2 is 1.81 bits per heavy atom. The Balaban J connectivity index is 1.31. The monoisotopic (exact) mass is 544 g/mol. The first kappa shape index (κ1) is 25.3. The first-order valence-corrected chi connectivity index (χ1v) is 13.6. The van der Waals surface area contributed by atoms with E-state index in [9.17, 15) is 22.8 Å². The van der Waals surface area contributed by atoms with E-state index in [1.165, 1.54) is 33.5 Å². The van der Waals surface area contributed by atoms with E-state index in [2.05, 4.69) is 10.2 Å². The number of nitrogens with zero attached hydrogens (tertiary/aromatic N) is 3. The second kappa shape index (κ2) is 9.52. The summed E-state index contributed by atoms with van der Waals surface area (Å²) in [4.78, 5) is 41.2. The summed E-state index contributed by atoms with van der Waals surface area (Å²) in [5.74, 6) is -2.14. The number of imide groups is 1. The maximum absolute atomic E-state index is 15.1. The van der Waals surface area contributed by atoms with E-state index in [4.69, 9.17) is 18.2 Å². The van der Waals surface area contributed by atoms with E-state index in [1.807, 2.05) is 0 Å². The summed E-state index contributed by atoms with van der Waals surface area (Å²) >= 11 is 6.02. The molecule has 2 aromatic carbocycles. The highest BCUT2D eigenvalue weighted by molar-refractivity contribution is 7.89. The van der Waals surface area contributed by atoms with Crippen molar-refractivity contribution in [3.8, 4) is 0 Å². The smallest absolute Gasteiger partial charge is 0.255 e. The molecule has 3 heterocycles. The Morgan fingerprint density at radius 3 is 2.46 bits per heavy atom. The molecule has 12 heteroatoms. The number of sulfonamides is 1. The fourth-order valence-corrected chi connectivity index (χ4v) is 7.00. The molecule has 3 aliphatic rings. The van der Waals surface area contributed by atoms with Gasteiger partial charge in [-0.05, 0) is 48.4 Å². The third kappa shape index (κ3) is 4.50. The minimum Gasteiger partial charge on any atom is -0.322 e. The number of nitrogens with one attached hydrogen (secondary N) is 1. The molecule has 3 aliphatic heterocycles. The maximum atomic E-state index is 15.1. The molecule has 1 unspecified atom stereocenters. The van der Waals surface area contributed by atoms with E-state index in [0.29, 0.717) is 24.0 Å². The second-order valence-electron chi connectivity index (χ2n) is 9.33. The van der Waals surface area contributed by atoms with E-state index in [0.717, 1.165) is 0 Å². The highest BCUT2D eigenvalue weighted by Crippen LogP contribution is 2.37. The molecule has 0 spiro atoms. The normalized spacial score (nSPS) is 21.1. The highest BCUT2D eigenvalue weighted by Gasteiger charge is 2.40. The average Bonchev–Trinajstić information content (AvgIpc) is 3.18. The number of hydrogen-bond acceptors (Lipinski definition) is 5. The Morgan fingerprint density at radius 1 is 1.08 bits per heavy atom. The molecule has 2 saturated heterocycles. The van der Waals surface area contributed by atoms with Crippen molar-refractivity contribution in [3.63, 3.8) is 0 Å². The molecule has 0 bridgehead atoms. The standard InChI is InChI=1S/C25H22ClFN4O5S/c1-28-21-3-2-16(11-19(21)26)37(35,36)30-8-6-14(7-9-30)17-10-15-13-31(25(34)18(15)12-20(17)27)22-4-5-23(32)29-24(22)33/h2-3,10-12,14,22H,4-9,13H2,(H,29,32,33). The molecule has 5 rings (SSSR count). The fourth-order valence-electron chi connectivity index (χ4n) is 5.22. The van der Waals surface area contributed by atoms with Crippen LogP contribution in [0.3, 0.4) is 0 Å². The molecule has 2 fully saturated rings. The molecule has 37 heavy (non-hydrogen) atoms. The Hall–Kier alpha value is -3.33. The zero-order chi connectivity index (χ0) is 26.5. The van der Waals surface area contributed by atoms with E-state index in [1.54, 1.807) is 6.07 Å². The average molecular weight is 545 g/mol. The van der Waals surface area contributed by atoms with Crippen molar-refractivity contribution >= 4 is 45.0 Å². The van der Waals surface area contributed by atoms with E-state index < -0.39 is 33.7 Å². The molecule has 9 nitrogen and oxygen atoms in total. The van der Waals surface area contributed by atoms with E-state index >= 15 is 4.39 Å². The minimum atomic E-state index is -3.83. The van der Waals surface area contributed by atoms with Crippen molar-refractivity contribution < 1.29 is 27.2 Å². The lowest BCUT2D eigenvalue weighted by Crippen LogP contribution is -2.52. The van der Waals surface area contributed by atoms with Crippen molar-refractivity contribution in [2.45, 2.75) is 49.1 Å². The van der Waals surface area contributed by atoms with Crippen LogP contribution in [0.5, 0.6) is 0 Å². The first-order valence-electron chi connectivity index (χ1n) is 11.7. The van der Waals surface area contributed by atoms with Gasteiger partial charge in [0.05, 0.1) is 11.5 Å². The van der Waals surface area contributed by atoms with Gasteiger partial charge in [-0.15, -0.1) is 0 Å². The summed E-state index contributed by atoms with van der Waals surface area (Å²) < 4.78 is 42.7. The van der Waals surface area contributed by atoms with Crippen molar-refractivity contribution in [2.75, 3.05) is 13.1 Å². The summed E-state index contributed by atoms with van der Waals surface area (Å²) in [6.07, 6.45) is 1.12. The molecule has 0 radical (unpaired) electrons. The Labute approximate surface area is 218 Å². The van der Waals surface area contributed by atoms with Crippen LogP contribution in [0.25, 0.3) is 4.85 Å². The van der Waals surface area contributed by atoms with Crippen LogP contribution in [0.4, 0.5) is 10.1 Å². The van der Waals surface area contributed by atoms with Gasteiger partial charge in [0, 0.05) is 36.6 Å². The molecule has 3 amide bonds. The van der Waals surface area contributed by atoms with Gasteiger partial charge in [-0.2, -0.15) is 4.31 Å². The van der Waals surface area contributed by atoms with Gasteiger partial charge in [0.2, 0.25) is 27.5 Å². The number of benzene rings is 2. The quantitative estimate of drug-likeness (QED) is 0.469. The van der Waals surface area contributed by atoms with E-state index in [-0.39, 0.29) is 65.5 Å². The summed E-state index contributed by atoms with van der Waals surface area (Å²) in [6.45, 7) is 7.55. The van der Waals surface area contributed by atoms with Crippen molar-refractivity contribution in [1.82, 2.24) is 14.5 Å². The molecular weight excluding hydrogens is 523 g/mol. The number of fused-ring (bicyclic) bond motifs is 1. The zero-order valence-corrected chi connectivity index (χ0v) is 21.1. The van der Waals surface area contributed by atoms with Gasteiger partial charge in [0.1, 0.15) is 11.9 Å². The fraction of sp³-hybridized carbons (Fsp3) is 0.360. The minimum absolute atomic E-state index is 0.000820. The van der Waals surface area contributed by atoms with Gasteiger partial charge < -0.3 is 4.90 Å². The Bertz CT molecular complexity index is 1480. The molecular formula is C25H22ClFN4O5S. The third-order valence-electron chi connectivity index (χ3n) is 7.21. The number of carbonyl (C=O) groups is 3. The largest absolute Gasteiger partial charge is 0.322 e. The number of hydrogen-bond donors (Lipinski definition) is 1. The van der Waals surface area contributed by atoms with Gasteiger partial charge in [0.25, 0.3) is 5.91 Å². The van der Waals surface area contributed by atoms with Gasteiger partial charge in [-0.25, -0.2) is 17.7 Å². The summed E-state index contributed by atoms with van der Waals surface area (Å²) in [7, 11) is -3.83. The lowest BCUT2D eigenvalue weighted by molar-refractivity contribution is -0.136. The third-order valence-corrected chi connectivity index (χ3v) is 9.41. The van der Waals surface area contributed by atoms with Crippen LogP contribution in [0, 0.1) is 12.4 Å². The summed E-state index contributed by atoms with van der Waals surface area (Å²) in [6, 6.07) is 6.05. The lowest BCUT2D eigenvalue weighted by Gasteiger charge is -2.31. The molecule has 1 N–H and O–H groups in total. The van der Waals surface area contributed by atoms with Gasteiger partial charge in [0.15, 0.2) is 0 Å². The SMILES string of the molecule is [C-]#[N+]c1ccc(S(=O)(=O)N2CCC(c3cc4c(cc3F)C(=O)N(C3CCC(=O)NC3=O)C4)CC2)cc1Cl.